The van der Waals surface area contributed by atoms with Gasteiger partial charge in [-0.3, -0.25) is 0 Å². The SMILES string of the molecule is CCCCC[O][Sn]([O]CCCCC)([C](F)(F)C(F)(F)CC(F)(F)F)[C](F)(F)C(F)(F)CC(F)(F)F. The van der Waals surface area contributed by atoms with Crippen molar-refractivity contribution in [1.82, 2.24) is 0 Å². The van der Waals surface area contributed by atoms with E-state index in [-0.39, 0.29) is 25.7 Å². The van der Waals surface area contributed by atoms with Gasteiger partial charge in [0.1, 0.15) is 0 Å². The molecule has 0 aliphatic rings. The fourth-order valence-electron chi connectivity index (χ4n) is 2.94. The number of alkyl halides is 14. The van der Waals surface area contributed by atoms with Gasteiger partial charge in [0.25, 0.3) is 0 Å². The standard InChI is InChI=1S/2C5H11O.2C4H2F7.Sn/c2*1-2-3-4-5-6;2*5-2(6)3(7,8)1-4(9,10)11;/h2*2-5H2,1H3;2*1H2;/q2*-1;;;+2. The summed E-state index contributed by atoms with van der Waals surface area (Å²) in [6.45, 7) is 0.312. The summed E-state index contributed by atoms with van der Waals surface area (Å²) in [6, 6.07) is 0. The van der Waals surface area contributed by atoms with Gasteiger partial charge in [0.05, 0.1) is 0 Å². The van der Waals surface area contributed by atoms with E-state index in [2.05, 4.69) is 6.15 Å². The van der Waals surface area contributed by atoms with Gasteiger partial charge in [-0.1, -0.05) is 0 Å². The van der Waals surface area contributed by atoms with Crippen LogP contribution >= 0.6 is 0 Å². The molecule has 0 spiro atoms. The third kappa shape index (κ3) is 8.92. The van der Waals surface area contributed by atoms with Crippen LogP contribution in [-0.2, 0) is 6.15 Å². The quantitative estimate of drug-likeness (QED) is 0.0943. The van der Waals surface area contributed by atoms with Crippen LogP contribution in [0, 0.1) is 0 Å². The molecule has 0 amide bonds. The summed E-state index contributed by atoms with van der Waals surface area (Å²) in [7, 11) is 0. The van der Waals surface area contributed by atoms with Gasteiger partial charge in [-0.15, -0.1) is 0 Å². The van der Waals surface area contributed by atoms with Crippen LogP contribution in [0.15, 0.2) is 0 Å². The molecule has 0 fully saturated rings. The fraction of sp³-hybridized carbons (Fsp3) is 1.00. The first kappa shape index (κ1) is 34.7. The topological polar surface area (TPSA) is 18.5 Å². The van der Waals surface area contributed by atoms with Crippen molar-refractivity contribution in [2.75, 3.05) is 13.2 Å². The maximum atomic E-state index is 15.0. The Morgan fingerprint density at radius 3 is 1.00 bits per heavy atom. The second kappa shape index (κ2) is 12.5. The summed E-state index contributed by atoms with van der Waals surface area (Å²) in [6.07, 6.45) is -20.0. The van der Waals surface area contributed by atoms with Crippen LogP contribution in [0.2, 0.25) is 0 Å². The van der Waals surface area contributed by atoms with Crippen LogP contribution in [0.25, 0.3) is 0 Å². The van der Waals surface area contributed by atoms with Crippen molar-refractivity contribution < 1.29 is 67.6 Å². The Bertz CT molecular complexity index is 580. The van der Waals surface area contributed by atoms with Crippen molar-refractivity contribution in [3.8, 4) is 0 Å². The molecule has 35 heavy (non-hydrogen) atoms. The molecule has 0 radical (unpaired) electrons. The van der Waals surface area contributed by atoms with Crippen molar-refractivity contribution in [2.24, 2.45) is 0 Å². The molecule has 0 saturated heterocycles. The molecule has 0 aliphatic heterocycles. The second-order valence-corrected chi connectivity index (χ2v) is 16.6. The molecule has 0 N–H and O–H groups in total. The van der Waals surface area contributed by atoms with Crippen molar-refractivity contribution in [3.63, 3.8) is 0 Å². The first-order valence-electron chi connectivity index (χ1n) is 10.5. The van der Waals surface area contributed by atoms with Crippen LogP contribution < -0.4 is 0 Å². The molecular formula is C18H26F14O2Sn. The van der Waals surface area contributed by atoms with Gasteiger partial charge in [0, 0.05) is 0 Å². The number of hydrogen-bond acceptors (Lipinski definition) is 2. The molecule has 212 valence electrons. The van der Waals surface area contributed by atoms with Crippen molar-refractivity contribution in [2.45, 2.75) is 97.3 Å². The molecule has 0 aromatic rings. The Labute approximate surface area is 197 Å². The summed E-state index contributed by atoms with van der Waals surface area (Å²) in [5.41, 5.74) is 0. The number of unbranched alkanes of at least 4 members (excludes halogenated alkanes) is 4. The molecule has 0 saturated carbocycles. The average molecular weight is 659 g/mol. The summed E-state index contributed by atoms with van der Waals surface area (Å²) in [4.78, 5) is 0. The summed E-state index contributed by atoms with van der Waals surface area (Å²) in [5, 5.41) is 0. The Balaban J connectivity index is 6.97. The molecule has 2 nitrogen and oxygen atoms in total. The predicted octanol–water partition coefficient (Wildman–Crippen LogP) is 8.37. The maximum absolute atomic E-state index is 15.0. The van der Waals surface area contributed by atoms with Crippen LogP contribution in [0.3, 0.4) is 0 Å². The molecule has 0 unspecified atom stereocenters. The summed E-state index contributed by atoms with van der Waals surface area (Å²) < 4.78 is 188. The van der Waals surface area contributed by atoms with E-state index in [4.69, 9.17) is 0 Å². The van der Waals surface area contributed by atoms with Gasteiger partial charge < -0.3 is 0 Å². The number of hydrogen-bond donors (Lipinski definition) is 0. The molecule has 0 bridgehead atoms. The van der Waals surface area contributed by atoms with Gasteiger partial charge in [-0.25, -0.2) is 0 Å². The Morgan fingerprint density at radius 1 is 0.486 bits per heavy atom. The molecule has 0 aliphatic carbocycles. The van der Waals surface area contributed by atoms with Crippen LogP contribution in [-0.4, -0.2) is 64.5 Å². The van der Waals surface area contributed by atoms with Crippen molar-refractivity contribution >= 4 is 19.2 Å². The van der Waals surface area contributed by atoms with Gasteiger partial charge in [0.15, 0.2) is 0 Å². The Hall–Kier alpha value is -0.261. The van der Waals surface area contributed by atoms with Gasteiger partial charge >= 0.3 is 197 Å². The summed E-state index contributed by atoms with van der Waals surface area (Å²) >= 11 is -9.07. The third-order valence-corrected chi connectivity index (χ3v) is 15.0. The minimum absolute atomic E-state index is 0.00676. The molecule has 0 atom stereocenters. The van der Waals surface area contributed by atoms with E-state index >= 15 is 17.6 Å². The Morgan fingerprint density at radius 2 is 0.771 bits per heavy atom. The van der Waals surface area contributed by atoms with Crippen molar-refractivity contribution in [3.05, 3.63) is 0 Å². The Kier molecular flexibility index (Phi) is 12.4. The zero-order chi connectivity index (χ0) is 28.0. The number of halogens is 14. The minimum atomic E-state index is -9.07. The van der Waals surface area contributed by atoms with E-state index in [9.17, 15) is 43.9 Å². The zero-order valence-electron chi connectivity index (χ0n) is 18.7. The van der Waals surface area contributed by atoms with Crippen molar-refractivity contribution in [1.29, 1.82) is 0 Å². The van der Waals surface area contributed by atoms with E-state index in [1.54, 1.807) is 0 Å². The fourth-order valence-corrected chi connectivity index (χ4v) is 12.1. The monoisotopic (exact) mass is 660 g/mol. The van der Waals surface area contributed by atoms with E-state index in [1.807, 2.05) is 0 Å². The molecular weight excluding hydrogens is 633 g/mol. The predicted molar refractivity (Wildman–Crippen MR) is 97.8 cm³/mol. The van der Waals surface area contributed by atoms with E-state index in [1.165, 1.54) is 13.8 Å². The van der Waals surface area contributed by atoms with Crippen LogP contribution in [0.4, 0.5) is 61.5 Å². The molecule has 17 heteroatoms. The molecule has 0 heterocycles. The van der Waals surface area contributed by atoms with E-state index in [0.29, 0.717) is 0 Å². The number of rotatable bonds is 16. The third-order valence-electron chi connectivity index (χ3n) is 4.70. The van der Waals surface area contributed by atoms with E-state index in [0.717, 1.165) is 0 Å². The van der Waals surface area contributed by atoms with Gasteiger partial charge in [-0.05, 0) is 0 Å². The van der Waals surface area contributed by atoms with Crippen LogP contribution in [0.1, 0.15) is 65.2 Å². The zero-order valence-corrected chi connectivity index (χ0v) is 21.5. The molecule has 0 aromatic heterocycles. The van der Waals surface area contributed by atoms with Gasteiger partial charge in [0.2, 0.25) is 0 Å². The first-order chi connectivity index (χ1) is 15.5. The van der Waals surface area contributed by atoms with E-state index < -0.39 is 90.2 Å². The van der Waals surface area contributed by atoms with Gasteiger partial charge in [-0.2, -0.15) is 0 Å². The molecule has 0 rings (SSSR count). The molecule has 0 aromatic carbocycles. The second-order valence-electron chi connectivity index (χ2n) is 7.87. The van der Waals surface area contributed by atoms with Crippen LogP contribution in [0.5, 0.6) is 0 Å². The average Bonchev–Trinajstić information content (AvgIpc) is 2.62. The first-order valence-corrected chi connectivity index (χ1v) is 15.6. The normalized spacial score (nSPS) is 15.1. The summed E-state index contributed by atoms with van der Waals surface area (Å²) in [5.74, 6) is -12.9.